The first-order chi connectivity index (χ1) is 7.15. The summed E-state index contributed by atoms with van der Waals surface area (Å²) in [6.07, 6.45) is 1.20. The maximum absolute atomic E-state index is 5.23. The molecule has 15 heavy (non-hydrogen) atoms. The minimum absolute atomic E-state index is 0.273. The molecule has 1 aromatic rings. The fraction of sp³-hybridized carbons (Fsp3) is 0.500. The SMILES string of the molecule is COc1ccc(C2(C)CCNC2)cc1Br. The average Bonchev–Trinajstić information content (AvgIpc) is 2.66. The molecule has 1 fully saturated rings. The predicted octanol–water partition coefficient (Wildman–Crippen LogP) is 2.71. The molecule has 0 aliphatic carbocycles. The second-order valence-electron chi connectivity index (χ2n) is 4.34. The lowest BCUT2D eigenvalue weighted by Crippen LogP contribution is -2.24. The molecule has 0 spiro atoms. The highest BCUT2D eigenvalue weighted by Crippen LogP contribution is 2.34. The summed E-state index contributed by atoms with van der Waals surface area (Å²) in [7, 11) is 1.69. The largest absolute Gasteiger partial charge is 0.496 e. The highest BCUT2D eigenvalue weighted by molar-refractivity contribution is 9.10. The van der Waals surface area contributed by atoms with Crippen LogP contribution in [0, 0.1) is 0 Å². The first-order valence-corrected chi connectivity index (χ1v) is 6.00. The fourth-order valence-corrected chi connectivity index (χ4v) is 2.65. The second-order valence-corrected chi connectivity index (χ2v) is 5.19. The Balaban J connectivity index is 2.33. The molecule has 1 N–H and O–H groups in total. The minimum atomic E-state index is 0.273. The van der Waals surface area contributed by atoms with Crippen molar-refractivity contribution in [2.45, 2.75) is 18.8 Å². The van der Waals surface area contributed by atoms with Crippen molar-refractivity contribution in [2.24, 2.45) is 0 Å². The van der Waals surface area contributed by atoms with Crippen LogP contribution in [0.4, 0.5) is 0 Å². The summed E-state index contributed by atoms with van der Waals surface area (Å²) in [6, 6.07) is 6.37. The van der Waals surface area contributed by atoms with Crippen molar-refractivity contribution in [3.63, 3.8) is 0 Å². The normalized spacial score (nSPS) is 25.5. The summed E-state index contributed by atoms with van der Waals surface area (Å²) in [5.41, 5.74) is 1.65. The lowest BCUT2D eigenvalue weighted by atomic mass is 9.82. The molecular formula is C12H16BrNO. The summed E-state index contributed by atoms with van der Waals surface area (Å²) in [5, 5.41) is 3.41. The number of rotatable bonds is 2. The van der Waals surface area contributed by atoms with E-state index >= 15 is 0 Å². The van der Waals surface area contributed by atoms with Crippen LogP contribution in [0.2, 0.25) is 0 Å². The Labute approximate surface area is 99.1 Å². The van der Waals surface area contributed by atoms with E-state index in [2.05, 4.69) is 40.3 Å². The Morgan fingerprint density at radius 1 is 1.47 bits per heavy atom. The van der Waals surface area contributed by atoms with Crippen LogP contribution in [0.25, 0.3) is 0 Å². The van der Waals surface area contributed by atoms with Gasteiger partial charge in [0.1, 0.15) is 5.75 Å². The van der Waals surface area contributed by atoms with Gasteiger partial charge in [0.25, 0.3) is 0 Å². The molecule has 1 saturated heterocycles. The smallest absolute Gasteiger partial charge is 0.133 e. The highest BCUT2D eigenvalue weighted by Gasteiger charge is 2.30. The standard InChI is InChI=1S/C12H16BrNO/c1-12(5-6-14-8-12)9-3-4-11(15-2)10(13)7-9/h3-4,7,14H,5-6,8H2,1-2H3. The number of methoxy groups -OCH3 is 1. The average molecular weight is 270 g/mol. The molecule has 1 atom stereocenters. The molecule has 82 valence electrons. The van der Waals surface area contributed by atoms with Gasteiger partial charge in [0, 0.05) is 12.0 Å². The molecule has 0 amide bonds. The monoisotopic (exact) mass is 269 g/mol. The predicted molar refractivity (Wildman–Crippen MR) is 65.5 cm³/mol. The Morgan fingerprint density at radius 3 is 2.80 bits per heavy atom. The number of hydrogen-bond acceptors (Lipinski definition) is 2. The molecule has 1 heterocycles. The number of halogens is 1. The van der Waals surface area contributed by atoms with Crippen molar-refractivity contribution in [3.05, 3.63) is 28.2 Å². The lowest BCUT2D eigenvalue weighted by Gasteiger charge is -2.23. The van der Waals surface area contributed by atoms with E-state index in [1.54, 1.807) is 7.11 Å². The van der Waals surface area contributed by atoms with Gasteiger partial charge in [-0.3, -0.25) is 0 Å². The Morgan fingerprint density at radius 2 is 2.27 bits per heavy atom. The zero-order valence-corrected chi connectivity index (χ0v) is 10.7. The van der Waals surface area contributed by atoms with Gasteiger partial charge in [-0.1, -0.05) is 13.0 Å². The van der Waals surface area contributed by atoms with Crippen molar-refractivity contribution in [2.75, 3.05) is 20.2 Å². The minimum Gasteiger partial charge on any atom is -0.496 e. The second kappa shape index (κ2) is 4.14. The zero-order chi connectivity index (χ0) is 10.9. The summed E-state index contributed by atoms with van der Waals surface area (Å²) >= 11 is 3.53. The van der Waals surface area contributed by atoms with Crippen LogP contribution >= 0.6 is 15.9 Å². The van der Waals surface area contributed by atoms with Gasteiger partial charge in [-0.05, 0) is 46.6 Å². The van der Waals surface area contributed by atoms with Gasteiger partial charge in [-0.2, -0.15) is 0 Å². The quantitative estimate of drug-likeness (QED) is 0.892. The Kier molecular flexibility index (Phi) is 3.03. The van der Waals surface area contributed by atoms with Crippen LogP contribution in [0.15, 0.2) is 22.7 Å². The van der Waals surface area contributed by atoms with E-state index in [-0.39, 0.29) is 5.41 Å². The maximum atomic E-state index is 5.23. The molecule has 0 radical (unpaired) electrons. The molecule has 1 unspecified atom stereocenters. The van der Waals surface area contributed by atoms with Crippen molar-refractivity contribution >= 4 is 15.9 Å². The van der Waals surface area contributed by atoms with Crippen molar-refractivity contribution in [1.29, 1.82) is 0 Å². The summed E-state index contributed by atoms with van der Waals surface area (Å²) in [5.74, 6) is 0.897. The number of nitrogens with one attached hydrogen (secondary N) is 1. The zero-order valence-electron chi connectivity index (χ0n) is 9.14. The van der Waals surface area contributed by atoms with E-state index in [1.807, 2.05) is 6.07 Å². The molecule has 1 aliphatic rings. The third kappa shape index (κ3) is 2.04. The van der Waals surface area contributed by atoms with Crippen LogP contribution in [0.3, 0.4) is 0 Å². The molecule has 1 aliphatic heterocycles. The van der Waals surface area contributed by atoms with E-state index in [9.17, 15) is 0 Å². The lowest BCUT2D eigenvalue weighted by molar-refractivity contribution is 0.411. The first-order valence-electron chi connectivity index (χ1n) is 5.20. The molecule has 2 rings (SSSR count). The van der Waals surface area contributed by atoms with Crippen LogP contribution in [-0.4, -0.2) is 20.2 Å². The third-order valence-electron chi connectivity index (χ3n) is 3.22. The van der Waals surface area contributed by atoms with Crippen LogP contribution in [-0.2, 0) is 5.41 Å². The van der Waals surface area contributed by atoms with E-state index in [1.165, 1.54) is 12.0 Å². The van der Waals surface area contributed by atoms with Gasteiger partial charge in [-0.15, -0.1) is 0 Å². The van der Waals surface area contributed by atoms with Crippen molar-refractivity contribution < 1.29 is 4.74 Å². The number of hydrogen-bond donors (Lipinski definition) is 1. The summed E-state index contributed by atoms with van der Waals surface area (Å²) in [4.78, 5) is 0. The topological polar surface area (TPSA) is 21.3 Å². The van der Waals surface area contributed by atoms with E-state index in [0.29, 0.717) is 0 Å². The van der Waals surface area contributed by atoms with Crippen LogP contribution < -0.4 is 10.1 Å². The summed E-state index contributed by atoms with van der Waals surface area (Å²) < 4.78 is 6.27. The van der Waals surface area contributed by atoms with Crippen molar-refractivity contribution in [3.8, 4) is 5.75 Å². The molecule has 0 bridgehead atoms. The number of ether oxygens (including phenoxy) is 1. The maximum Gasteiger partial charge on any atom is 0.133 e. The van der Waals surface area contributed by atoms with Gasteiger partial charge in [0.2, 0.25) is 0 Å². The Bertz CT molecular complexity index is 359. The summed E-state index contributed by atoms with van der Waals surface area (Å²) in [6.45, 7) is 4.48. The van der Waals surface area contributed by atoms with Crippen LogP contribution in [0.1, 0.15) is 18.9 Å². The molecule has 3 heteroatoms. The van der Waals surface area contributed by atoms with E-state index < -0.39 is 0 Å². The van der Waals surface area contributed by atoms with Crippen molar-refractivity contribution in [1.82, 2.24) is 5.32 Å². The van der Waals surface area contributed by atoms with Gasteiger partial charge < -0.3 is 10.1 Å². The van der Waals surface area contributed by atoms with E-state index in [4.69, 9.17) is 4.74 Å². The third-order valence-corrected chi connectivity index (χ3v) is 3.84. The molecule has 1 aromatic carbocycles. The fourth-order valence-electron chi connectivity index (χ4n) is 2.11. The van der Waals surface area contributed by atoms with Gasteiger partial charge in [0.15, 0.2) is 0 Å². The molecule has 2 nitrogen and oxygen atoms in total. The van der Waals surface area contributed by atoms with E-state index in [0.717, 1.165) is 23.3 Å². The first kappa shape index (κ1) is 11.0. The number of benzene rings is 1. The molecule has 0 saturated carbocycles. The highest BCUT2D eigenvalue weighted by atomic mass is 79.9. The van der Waals surface area contributed by atoms with Crippen LogP contribution in [0.5, 0.6) is 5.75 Å². The van der Waals surface area contributed by atoms with Gasteiger partial charge in [0.05, 0.1) is 11.6 Å². The Hall–Kier alpha value is -0.540. The molecular weight excluding hydrogens is 254 g/mol. The van der Waals surface area contributed by atoms with Gasteiger partial charge >= 0.3 is 0 Å². The van der Waals surface area contributed by atoms with Gasteiger partial charge in [-0.25, -0.2) is 0 Å². The molecule has 0 aromatic heterocycles.